The second kappa shape index (κ2) is 12.4. The van der Waals surface area contributed by atoms with Gasteiger partial charge in [-0.2, -0.15) is 0 Å². The van der Waals surface area contributed by atoms with E-state index in [0.717, 1.165) is 26.8 Å². The number of carbonyl (C=O) groups is 1. The summed E-state index contributed by atoms with van der Waals surface area (Å²) in [7, 11) is 0. The molecule has 0 radical (unpaired) electrons. The number of hydrogen-bond donors (Lipinski definition) is 2. The Balaban J connectivity index is 1.48. The van der Waals surface area contributed by atoms with E-state index in [4.69, 9.17) is 9.47 Å². The highest BCUT2D eigenvalue weighted by Crippen LogP contribution is 2.37. The predicted octanol–water partition coefficient (Wildman–Crippen LogP) is 7.04. The summed E-state index contributed by atoms with van der Waals surface area (Å²) in [6, 6.07) is 20.5. The Labute approximate surface area is 237 Å². The van der Waals surface area contributed by atoms with E-state index in [1.165, 1.54) is 20.9 Å². The standard InChI is InChI=1S/C27H26I2N2O3S/c1-3-17-7-11-21(12-8-17)30-27-31-26(32)24(35-27)15-19-13-22(29)25(23(14-19)33-4-2)34-16-18-5-9-20(28)10-6-18/h5-15,27,30H,3-4,16H2,1-2H3,(H,31,32)/b24-15-/t27-/m0/s1. The quantitative estimate of drug-likeness (QED) is 0.184. The van der Waals surface area contributed by atoms with Crippen molar-refractivity contribution in [2.75, 3.05) is 11.9 Å². The maximum Gasteiger partial charge on any atom is 0.260 e. The molecule has 1 amide bonds. The minimum absolute atomic E-state index is 0.0929. The van der Waals surface area contributed by atoms with Crippen molar-refractivity contribution in [3.63, 3.8) is 0 Å². The SMILES string of the molecule is CCOc1cc(/C=C2\S[C@@H](Nc3ccc(CC)cc3)NC2=O)cc(I)c1OCc1ccc(I)cc1. The van der Waals surface area contributed by atoms with Crippen LogP contribution in [-0.4, -0.2) is 18.0 Å². The lowest BCUT2D eigenvalue weighted by Crippen LogP contribution is -2.30. The van der Waals surface area contributed by atoms with Gasteiger partial charge in [0, 0.05) is 9.26 Å². The predicted molar refractivity (Wildman–Crippen MR) is 161 cm³/mol. The number of hydrogen-bond acceptors (Lipinski definition) is 5. The molecular formula is C27H26I2N2O3S. The maximum atomic E-state index is 12.6. The van der Waals surface area contributed by atoms with Crippen LogP contribution in [0.2, 0.25) is 0 Å². The molecule has 1 saturated heterocycles. The topological polar surface area (TPSA) is 59.6 Å². The molecule has 0 aliphatic carbocycles. The summed E-state index contributed by atoms with van der Waals surface area (Å²) in [6.07, 6.45) is 2.90. The lowest BCUT2D eigenvalue weighted by molar-refractivity contribution is -0.116. The Bertz CT molecular complexity index is 1210. The summed E-state index contributed by atoms with van der Waals surface area (Å²) < 4.78 is 14.2. The minimum atomic E-state index is -0.219. The molecule has 2 N–H and O–H groups in total. The molecule has 182 valence electrons. The van der Waals surface area contributed by atoms with Gasteiger partial charge in [-0.25, -0.2) is 0 Å². The van der Waals surface area contributed by atoms with E-state index in [1.807, 2.05) is 37.3 Å². The van der Waals surface area contributed by atoms with Crippen LogP contribution in [0, 0.1) is 7.14 Å². The fourth-order valence-electron chi connectivity index (χ4n) is 3.52. The van der Waals surface area contributed by atoms with E-state index in [9.17, 15) is 4.79 Å². The van der Waals surface area contributed by atoms with Crippen molar-refractivity contribution in [2.24, 2.45) is 0 Å². The molecule has 4 rings (SSSR count). The van der Waals surface area contributed by atoms with Crippen molar-refractivity contribution >= 4 is 74.6 Å². The average molecular weight is 712 g/mol. The Morgan fingerprint density at radius 3 is 2.40 bits per heavy atom. The first-order valence-corrected chi connectivity index (χ1v) is 14.4. The molecule has 1 aliphatic rings. The van der Waals surface area contributed by atoms with Crippen LogP contribution in [0.1, 0.15) is 30.5 Å². The van der Waals surface area contributed by atoms with Gasteiger partial charge < -0.3 is 20.1 Å². The van der Waals surface area contributed by atoms with Gasteiger partial charge in [-0.05, 0) is 118 Å². The van der Waals surface area contributed by atoms with Crippen LogP contribution in [0.5, 0.6) is 11.5 Å². The molecule has 0 bridgehead atoms. The number of halogens is 2. The Morgan fingerprint density at radius 2 is 1.71 bits per heavy atom. The van der Waals surface area contributed by atoms with Gasteiger partial charge in [-0.15, -0.1) is 0 Å². The van der Waals surface area contributed by atoms with Crippen LogP contribution in [0.4, 0.5) is 5.69 Å². The van der Waals surface area contributed by atoms with Crippen molar-refractivity contribution in [1.29, 1.82) is 0 Å². The van der Waals surface area contributed by atoms with E-state index in [-0.39, 0.29) is 11.4 Å². The van der Waals surface area contributed by atoms with Crippen LogP contribution < -0.4 is 20.1 Å². The molecule has 0 aromatic heterocycles. The lowest BCUT2D eigenvalue weighted by Gasteiger charge is -2.15. The smallest absolute Gasteiger partial charge is 0.260 e. The Kier molecular flexibility index (Phi) is 9.23. The molecule has 3 aromatic carbocycles. The molecular weight excluding hydrogens is 686 g/mol. The molecule has 0 spiro atoms. The highest BCUT2D eigenvalue weighted by Gasteiger charge is 2.27. The minimum Gasteiger partial charge on any atom is -0.490 e. The number of nitrogens with one attached hydrogen (secondary N) is 2. The third-order valence-electron chi connectivity index (χ3n) is 5.32. The summed E-state index contributed by atoms with van der Waals surface area (Å²) in [4.78, 5) is 13.3. The van der Waals surface area contributed by atoms with Crippen molar-refractivity contribution in [2.45, 2.75) is 32.4 Å². The van der Waals surface area contributed by atoms with Crippen molar-refractivity contribution in [1.82, 2.24) is 5.32 Å². The zero-order valence-electron chi connectivity index (χ0n) is 19.4. The molecule has 3 aromatic rings. The normalized spacial score (nSPS) is 16.3. The highest BCUT2D eigenvalue weighted by atomic mass is 127. The number of ether oxygens (including phenoxy) is 2. The molecule has 1 aliphatic heterocycles. The molecule has 35 heavy (non-hydrogen) atoms. The van der Waals surface area contributed by atoms with E-state index < -0.39 is 0 Å². The fourth-order valence-corrected chi connectivity index (χ4v) is 5.64. The highest BCUT2D eigenvalue weighted by molar-refractivity contribution is 14.1. The number of carbonyl (C=O) groups excluding carboxylic acids is 1. The van der Waals surface area contributed by atoms with Gasteiger partial charge in [0.15, 0.2) is 17.0 Å². The first kappa shape index (κ1) is 26.2. The number of amides is 1. The van der Waals surface area contributed by atoms with E-state index >= 15 is 0 Å². The molecule has 0 unspecified atom stereocenters. The molecule has 8 heteroatoms. The van der Waals surface area contributed by atoms with Crippen LogP contribution >= 0.6 is 56.9 Å². The Hall–Kier alpha value is -1.92. The van der Waals surface area contributed by atoms with Gasteiger partial charge in [-0.1, -0.05) is 43.0 Å². The second-order valence-corrected chi connectivity index (χ2v) is 11.4. The van der Waals surface area contributed by atoms with E-state index in [1.54, 1.807) is 0 Å². The number of aryl methyl sites for hydroxylation is 1. The lowest BCUT2D eigenvalue weighted by atomic mass is 10.1. The van der Waals surface area contributed by atoms with Crippen LogP contribution in [-0.2, 0) is 17.8 Å². The van der Waals surface area contributed by atoms with Crippen LogP contribution in [0.3, 0.4) is 0 Å². The third kappa shape index (κ3) is 7.07. The van der Waals surface area contributed by atoms with Gasteiger partial charge in [0.1, 0.15) is 6.61 Å². The number of rotatable bonds is 9. The third-order valence-corrected chi connectivity index (χ3v) is 7.87. The monoisotopic (exact) mass is 712 g/mol. The van der Waals surface area contributed by atoms with Gasteiger partial charge in [0.05, 0.1) is 15.1 Å². The Morgan fingerprint density at radius 1 is 1.00 bits per heavy atom. The summed E-state index contributed by atoms with van der Waals surface area (Å²) in [5.74, 6) is 1.29. The van der Waals surface area contributed by atoms with Gasteiger partial charge in [-0.3, -0.25) is 4.79 Å². The fraction of sp³-hybridized carbons (Fsp3) is 0.222. The molecule has 1 fully saturated rings. The number of anilines is 1. The number of benzene rings is 3. The van der Waals surface area contributed by atoms with Crippen molar-refractivity contribution < 1.29 is 14.3 Å². The molecule has 0 saturated carbocycles. The molecule has 1 atom stereocenters. The van der Waals surface area contributed by atoms with Gasteiger partial charge in [0.2, 0.25) is 0 Å². The first-order valence-electron chi connectivity index (χ1n) is 11.3. The number of thioether (sulfide) groups is 1. The first-order chi connectivity index (χ1) is 16.9. The van der Waals surface area contributed by atoms with E-state index in [2.05, 4.69) is 99.1 Å². The van der Waals surface area contributed by atoms with E-state index in [0.29, 0.717) is 29.6 Å². The second-order valence-electron chi connectivity index (χ2n) is 7.85. The van der Waals surface area contributed by atoms with Gasteiger partial charge in [0.25, 0.3) is 5.91 Å². The summed E-state index contributed by atoms with van der Waals surface area (Å²) in [6.45, 7) is 5.06. The van der Waals surface area contributed by atoms with Crippen molar-refractivity contribution in [3.05, 3.63) is 89.4 Å². The molecule has 1 heterocycles. The van der Waals surface area contributed by atoms with Crippen molar-refractivity contribution in [3.8, 4) is 11.5 Å². The zero-order chi connectivity index (χ0) is 24.8. The maximum absolute atomic E-state index is 12.6. The van der Waals surface area contributed by atoms with Crippen LogP contribution in [0.25, 0.3) is 6.08 Å². The van der Waals surface area contributed by atoms with Crippen LogP contribution in [0.15, 0.2) is 65.6 Å². The molecule has 5 nitrogen and oxygen atoms in total. The largest absolute Gasteiger partial charge is 0.490 e. The average Bonchev–Trinajstić information content (AvgIpc) is 3.18. The summed E-state index contributed by atoms with van der Waals surface area (Å²) in [5.41, 5.74) is 4.03. The summed E-state index contributed by atoms with van der Waals surface area (Å²) >= 11 is 6.02. The summed E-state index contributed by atoms with van der Waals surface area (Å²) in [5, 5.41) is 6.37. The van der Waals surface area contributed by atoms with Gasteiger partial charge >= 0.3 is 0 Å². The zero-order valence-corrected chi connectivity index (χ0v) is 24.6.